The zero-order valence-corrected chi connectivity index (χ0v) is 12.5. The van der Waals surface area contributed by atoms with E-state index in [1.54, 1.807) is 0 Å². The maximum absolute atomic E-state index is 12.6. The SMILES string of the molecule is O=C(C1CCOC2(CCSC2)C1)C1CCCCS1. The summed E-state index contributed by atoms with van der Waals surface area (Å²) in [6.45, 7) is 0.800. The van der Waals surface area contributed by atoms with Crippen molar-refractivity contribution >= 4 is 29.3 Å². The molecule has 0 radical (unpaired) electrons. The quantitative estimate of drug-likeness (QED) is 0.779. The molecular formula is C14H22O2S2. The number of hydrogen-bond acceptors (Lipinski definition) is 4. The summed E-state index contributed by atoms with van der Waals surface area (Å²) in [5, 5.41) is 0.299. The largest absolute Gasteiger partial charge is 0.374 e. The molecule has 18 heavy (non-hydrogen) atoms. The van der Waals surface area contributed by atoms with Gasteiger partial charge in [-0.3, -0.25) is 4.79 Å². The average molecular weight is 286 g/mol. The Morgan fingerprint density at radius 3 is 2.89 bits per heavy atom. The maximum atomic E-state index is 12.6. The van der Waals surface area contributed by atoms with Crippen LogP contribution >= 0.6 is 23.5 Å². The van der Waals surface area contributed by atoms with Gasteiger partial charge in [0.2, 0.25) is 0 Å². The minimum atomic E-state index is 0.0581. The Labute approximate surface area is 118 Å². The summed E-state index contributed by atoms with van der Waals surface area (Å²) < 4.78 is 6.01. The molecule has 3 saturated heterocycles. The second-order valence-corrected chi connectivity index (χ2v) is 8.20. The fourth-order valence-electron chi connectivity index (χ4n) is 3.36. The van der Waals surface area contributed by atoms with Crippen LogP contribution < -0.4 is 0 Å². The van der Waals surface area contributed by atoms with Crippen LogP contribution in [0.2, 0.25) is 0 Å². The van der Waals surface area contributed by atoms with E-state index in [4.69, 9.17) is 4.74 Å². The highest BCUT2D eigenvalue weighted by molar-refractivity contribution is 8.00. The van der Waals surface area contributed by atoms with Gasteiger partial charge in [0, 0.05) is 18.3 Å². The highest BCUT2D eigenvalue weighted by Crippen LogP contribution is 2.42. The van der Waals surface area contributed by atoms with E-state index in [0.717, 1.165) is 38.0 Å². The van der Waals surface area contributed by atoms with Gasteiger partial charge in [0.1, 0.15) is 5.78 Å². The van der Waals surface area contributed by atoms with Crippen molar-refractivity contribution in [2.75, 3.05) is 23.9 Å². The Bertz CT molecular complexity index is 307. The van der Waals surface area contributed by atoms with Gasteiger partial charge in [-0.2, -0.15) is 23.5 Å². The van der Waals surface area contributed by atoms with Gasteiger partial charge in [-0.15, -0.1) is 0 Å². The predicted octanol–water partition coefficient (Wildman–Crippen LogP) is 3.14. The fraction of sp³-hybridized carbons (Fsp3) is 0.929. The average Bonchev–Trinajstić information content (AvgIpc) is 2.87. The number of Topliss-reactive ketones (excluding diaryl/α,β-unsaturated/α-hetero) is 1. The molecule has 102 valence electrons. The van der Waals surface area contributed by atoms with E-state index in [1.807, 2.05) is 23.5 Å². The number of carbonyl (C=O) groups excluding carboxylic acids is 1. The summed E-state index contributed by atoms with van der Waals surface area (Å²) in [5.41, 5.74) is 0.0581. The lowest BCUT2D eigenvalue weighted by Crippen LogP contribution is -2.44. The highest BCUT2D eigenvalue weighted by Gasteiger charge is 2.43. The summed E-state index contributed by atoms with van der Waals surface area (Å²) in [4.78, 5) is 12.6. The summed E-state index contributed by atoms with van der Waals surface area (Å²) >= 11 is 3.89. The van der Waals surface area contributed by atoms with Crippen molar-refractivity contribution in [2.45, 2.75) is 49.4 Å². The standard InChI is InChI=1S/C14H22O2S2/c15-13(12-3-1-2-7-18-12)11-4-6-16-14(9-11)5-8-17-10-14/h11-12H,1-10H2. The minimum Gasteiger partial charge on any atom is -0.374 e. The van der Waals surface area contributed by atoms with Gasteiger partial charge in [-0.1, -0.05) is 6.42 Å². The number of hydrogen-bond donors (Lipinski definition) is 0. The highest BCUT2D eigenvalue weighted by atomic mass is 32.2. The van der Waals surface area contributed by atoms with Gasteiger partial charge in [0.15, 0.2) is 0 Å². The van der Waals surface area contributed by atoms with Crippen LogP contribution in [-0.2, 0) is 9.53 Å². The number of ether oxygens (including phenoxy) is 1. The molecule has 3 rings (SSSR count). The summed E-state index contributed by atoms with van der Waals surface area (Å²) in [7, 11) is 0. The topological polar surface area (TPSA) is 26.3 Å². The van der Waals surface area contributed by atoms with Gasteiger partial charge >= 0.3 is 0 Å². The molecule has 0 N–H and O–H groups in total. The lowest BCUT2D eigenvalue weighted by Gasteiger charge is -2.38. The second kappa shape index (κ2) is 5.76. The van der Waals surface area contributed by atoms with Crippen molar-refractivity contribution in [3.8, 4) is 0 Å². The lowest BCUT2D eigenvalue weighted by atomic mass is 9.81. The van der Waals surface area contributed by atoms with Crippen molar-refractivity contribution in [1.29, 1.82) is 0 Å². The van der Waals surface area contributed by atoms with Crippen molar-refractivity contribution in [1.82, 2.24) is 0 Å². The molecule has 0 bridgehead atoms. The predicted molar refractivity (Wildman–Crippen MR) is 78.5 cm³/mol. The maximum Gasteiger partial charge on any atom is 0.149 e. The number of carbonyl (C=O) groups is 1. The molecule has 3 atom stereocenters. The molecular weight excluding hydrogens is 264 g/mol. The molecule has 3 aliphatic rings. The Hall–Kier alpha value is 0.330. The minimum absolute atomic E-state index is 0.0581. The van der Waals surface area contributed by atoms with E-state index >= 15 is 0 Å². The normalized spacial score (nSPS) is 41.1. The van der Waals surface area contributed by atoms with Crippen LogP contribution in [0.15, 0.2) is 0 Å². The fourth-order valence-corrected chi connectivity index (χ4v) is 6.09. The Morgan fingerprint density at radius 2 is 2.17 bits per heavy atom. The summed E-state index contributed by atoms with van der Waals surface area (Å²) in [6.07, 6.45) is 6.76. The molecule has 4 heteroatoms. The van der Waals surface area contributed by atoms with Gasteiger partial charge in [-0.05, 0) is 43.6 Å². The second-order valence-electron chi connectivity index (χ2n) is 5.78. The van der Waals surface area contributed by atoms with Crippen LogP contribution in [0.25, 0.3) is 0 Å². The van der Waals surface area contributed by atoms with E-state index in [2.05, 4.69) is 0 Å². The number of ketones is 1. The van der Waals surface area contributed by atoms with Crippen LogP contribution in [0.1, 0.15) is 38.5 Å². The Kier molecular flexibility index (Phi) is 4.26. The van der Waals surface area contributed by atoms with Gasteiger partial charge in [0.05, 0.1) is 10.9 Å². The first-order valence-electron chi connectivity index (χ1n) is 7.16. The zero-order valence-electron chi connectivity index (χ0n) is 10.9. The molecule has 1 spiro atoms. The first kappa shape index (κ1) is 13.3. The van der Waals surface area contributed by atoms with Crippen molar-refractivity contribution in [2.24, 2.45) is 5.92 Å². The van der Waals surface area contributed by atoms with E-state index in [1.165, 1.54) is 24.3 Å². The Balaban J connectivity index is 1.62. The third-order valence-corrected chi connectivity index (χ3v) is 7.08. The lowest BCUT2D eigenvalue weighted by molar-refractivity contribution is -0.133. The molecule has 0 amide bonds. The van der Waals surface area contributed by atoms with Gasteiger partial charge in [-0.25, -0.2) is 0 Å². The van der Waals surface area contributed by atoms with E-state index in [9.17, 15) is 4.79 Å². The summed E-state index contributed by atoms with van der Waals surface area (Å²) in [5.74, 6) is 4.32. The van der Waals surface area contributed by atoms with Crippen LogP contribution in [-0.4, -0.2) is 40.5 Å². The monoisotopic (exact) mass is 286 g/mol. The first-order valence-corrected chi connectivity index (χ1v) is 9.36. The summed E-state index contributed by atoms with van der Waals surface area (Å²) in [6, 6.07) is 0. The van der Waals surface area contributed by atoms with Crippen LogP contribution in [0.5, 0.6) is 0 Å². The molecule has 0 aliphatic carbocycles. The molecule has 3 fully saturated rings. The van der Waals surface area contributed by atoms with Crippen LogP contribution in [0, 0.1) is 5.92 Å². The molecule has 0 aromatic heterocycles. The van der Waals surface area contributed by atoms with Crippen LogP contribution in [0.4, 0.5) is 0 Å². The molecule has 3 aliphatic heterocycles. The van der Waals surface area contributed by atoms with E-state index in [-0.39, 0.29) is 11.5 Å². The molecule has 0 aromatic carbocycles. The third kappa shape index (κ3) is 2.75. The first-order chi connectivity index (χ1) is 8.79. The van der Waals surface area contributed by atoms with Gasteiger partial charge < -0.3 is 4.74 Å². The molecule has 0 saturated carbocycles. The number of rotatable bonds is 2. The Morgan fingerprint density at radius 1 is 1.22 bits per heavy atom. The molecule has 3 unspecified atom stereocenters. The molecule has 3 heterocycles. The van der Waals surface area contributed by atoms with Gasteiger partial charge in [0.25, 0.3) is 0 Å². The smallest absolute Gasteiger partial charge is 0.149 e. The van der Waals surface area contributed by atoms with E-state index < -0.39 is 0 Å². The molecule has 2 nitrogen and oxygen atoms in total. The zero-order chi connectivity index (χ0) is 12.4. The number of thioether (sulfide) groups is 2. The van der Waals surface area contributed by atoms with Crippen molar-refractivity contribution in [3.63, 3.8) is 0 Å². The van der Waals surface area contributed by atoms with Crippen LogP contribution in [0.3, 0.4) is 0 Å². The van der Waals surface area contributed by atoms with E-state index in [0.29, 0.717) is 11.0 Å². The van der Waals surface area contributed by atoms with Crippen molar-refractivity contribution in [3.05, 3.63) is 0 Å². The molecule has 0 aromatic rings. The third-order valence-electron chi connectivity index (χ3n) is 4.46. The van der Waals surface area contributed by atoms with Crippen molar-refractivity contribution < 1.29 is 9.53 Å².